The second-order valence-electron chi connectivity index (χ2n) is 10.6. The number of amides is 1. The van der Waals surface area contributed by atoms with Crippen LogP contribution >= 0.6 is 46.4 Å². The first-order chi connectivity index (χ1) is 19.3. The second kappa shape index (κ2) is 13.3. The van der Waals surface area contributed by atoms with E-state index in [1.807, 2.05) is 18.2 Å². The normalized spacial score (nSPS) is 19.1. The quantitative estimate of drug-likeness (QED) is 0.315. The van der Waals surface area contributed by atoms with Crippen LogP contribution in [0.25, 0.3) is 0 Å². The van der Waals surface area contributed by atoms with Gasteiger partial charge in [0.1, 0.15) is 5.82 Å². The number of hydrogen-bond acceptors (Lipinski definition) is 5. The third-order valence-corrected chi connectivity index (χ3v) is 9.11. The van der Waals surface area contributed by atoms with Crippen molar-refractivity contribution in [3.63, 3.8) is 0 Å². The fraction of sp³-hybridized carbons (Fsp3) is 0.400. The molecular formula is C30H33Cl4N5O. The summed E-state index contributed by atoms with van der Waals surface area (Å²) in [4.78, 5) is 24.7. The maximum absolute atomic E-state index is 12.7. The number of rotatable bonds is 7. The average molecular weight is 621 g/mol. The average Bonchev–Trinajstić information content (AvgIpc) is 2.95. The number of carbonyl (C=O) groups excluding carboxylic acids is 1. The molecule has 2 aliphatic rings. The molecule has 1 aromatic heterocycles. The molecule has 1 amide bonds. The lowest BCUT2D eigenvalue weighted by atomic mass is 9.99. The fourth-order valence-corrected chi connectivity index (χ4v) is 6.42. The summed E-state index contributed by atoms with van der Waals surface area (Å²) < 4.78 is 0. The molecule has 0 saturated carbocycles. The van der Waals surface area contributed by atoms with Crippen molar-refractivity contribution in [1.82, 2.24) is 20.1 Å². The van der Waals surface area contributed by atoms with E-state index in [0.717, 1.165) is 55.7 Å². The zero-order valence-corrected chi connectivity index (χ0v) is 25.4. The van der Waals surface area contributed by atoms with Crippen LogP contribution < -0.4 is 10.2 Å². The Bertz CT molecular complexity index is 1330. The van der Waals surface area contributed by atoms with Gasteiger partial charge in [-0.3, -0.25) is 14.6 Å². The smallest absolute Gasteiger partial charge is 0.253 e. The highest BCUT2D eigenvalue weighted by Crippen LogP contribution is 2.29. The van der Waals surface area contributed by atoms with Crippen LogP contribution in [0, 0.1) is 0 Å². The number of pyridine rings is 1. The number of nitrogens with zero attached hydrogens (tertiary/aromatic N) is 4. The summed E-state index contributed by atoms with van der Waals surface area (Å²) in [7, 11) is 0. The van der Waals surface area contributed by atoms with Gasteiger partial charge < -0.3 is 10.2 Å². The van der Waals surface area contributed by atoms with Crippen LogP contribution in [-0.2, 0) is 13.1 Å². The van der Waals surface area contributed by atoms with Crippen molar-refractivity contribution in [3.8, 4) is 0 Å². The van der Waals surface area contributed by atoms with Gasteiger partial charge in [-0.1, -0.05) is 64.6 Å². The SMILES string of the molecule is C[C@H]1CN(c2ncc(C(=O)NCc3ccc(Cl)c(Cl)c3)cc2Cl)CCN1C1CCN(Cc2ccc(Cl)cc2)CC1. The Hall–Kier alpha value is -2.06. The highest BCUT2D eigenvalue weighted by atomic mass is 35.5. The van der Waals surface area contributed by atoms with Crippen LogP contribution in [0.15, 0.2) is 54.7 Å². The van der Waals surface area contributed by atoms with Crippen molar-refractivity contribution in [1.29, 1.82) is 0 Å². The van der Waals surface area contributed by atoms with Crippen molar-refractivity contribution in [2.75, 3.05) is 37.6 Å². The van der Waals surface area contributed by atoms with E-state index in [0.29, 0.717) is 39.3 Å². The highest BCUT2D eigenvalue weighted by molar-refractivity contribution is 6.42. The first-order valence-electron chi connectivity index (χ1n) is 13.6. The largest absolute Gasteiger partial charge is 0.353 e. The minimum absolute atomic E-state index is 0.243. The summed E-state index contributed by atoms with van der Waals surface area (Å²) in [6.07, 6.45) is 3.94. The molecule has 5 rings (SSSR count). The van der Waals surface area contributed by atoms with Crippen molar-refractivity contribution in [2.24, 2.45) is 0 Å². The standard InChI is InChI=1S/C30H33Cl4N5O/c1-20-18-38(12-13-39(20)25-8-10-37(11-9-25)19-21-2-5-24(31)6-3-21)29-28(34)15-23(17-35-29)30(40)36-16-22-4-7-26(32)27(33)14-22/h2-7,14-15,17,20,25H,8-13,16,18-19H2,1H3,(H,36,40)/t20-/m0/s1. The highest BCUT2D eigenvalue weighted by Gasteiger charge is 2.32. The predicted octanol–water partition coefficient (Wildman–Crippen LogP) is 6.80. The third-order valence-electron chi connectivity index (χ3n) is 7.85. The molecular weight excluding hydrogens is 588 g/mol. The number of halogens is 4. The van der Waals surface area contributed by atoms with Gasteiger partial charge in [0.25, 0.3) is 5.91 Å². The first kappa shape index (κ1) is 29.4. The number of piperazine rings is 1. The molecule has 1 N–H and O–H groups in total. The van der Waals surface area contributed by atoms with E-state index < -0.39 is 0 Å². The predicted molar refractivity (Wildman–Crippen MR) is 165 cm³/mol. The van der Waals surface area contributed by atoms with Crippen LogP contribution in [-0.4, -0.2) is 65.5 Å². The molecule has 3 aromatic rings. The number of hydrogen-bond donors (Lipinski definition) is 1. The minimum atomic E-state index is -0.243. The molecule has 2 saturated heterocycles. The Balaban J connectivity index is 1.12. The Morgan fingerprint density at radius 2 is 1.62 bits per heavy atom. The zero-order chi connectivity index (χ0) is 28.2. The number of aromatic nitrogens is 1. The maximum atomic E-state index is 12.7. The Morgan fingerprint density at radius 3 is 2.30 bits per heavy atom. The number of anilines is 1. The lowest BCUT2D eigenvalue weighted by Gasteiger charge is -2.47. The second-order valence-corrected chi connectivity index (χ2v) is 12.3. The van der Waals surface area contributed by atoms with Gasteiger partial charge in [-0.15, -0.1) is 0 Å². The fourth-order valence-electron chi connectivity index (χ4n) is 5.69. The van der Waals surface area contributed by atoms with Crippen molar-refractivity contribution >= 4 is 58.1 Å². The van der Waals surface area contributed by atoms with E-state index in [2.05, 4.69) is 44.1 Å². The summed E-state index contributed by atoms with van der Waals surface area (Å²) >= 11 is 24.7. The van der Waals surface area contributed by atoms with Gasteiger partial charge >= 0.3 is 0 Å². The number of carbonyl (C=O) groups is 1. The van der Waals surface area contributed by atoms with Crippen LogP contribution in [0.2, 0.25) is 20.1 Å². The molecule has 40 heavy (non-hydrogen) atoms. The Morgan fingerprint density at radius 1 is 0.900 bits per heavy atom. The Kier molecular flexibility index (Phi) is 9.77. The van der Waals surface area contributed by atoms with Crippen LogP contribution in [0.4, 0.5) is 5.82 Å². The molecule has 6 nitrogen and oxygen atoms in total. The van der Waals surface area contributed by atoms with E-state index >= 15 is 0 Å². The minimum Gasteiger partial charge on any atom is -0.353 e. The van der Waals surface area contributed by atoms with Gasteiger partial charge in [-0.25, -0.2) is 4.98 Å². The molecule has 3 heterocycles. The summed E-state index contributed by atoms with van der Waals surface area (Å²) in [6, 6.07) is 16.1. The molecule has 2 aromatic carbocycles. The lowest BCUT2D eigenvalue weighted by molar-refractivity contribution is 0.0690. The van der Waals surface area contributed by atoms with Crippen molar-refractivity contribution in [2.45, 2.75) is 44.9 Å². The summed E-state index contributed by atoms with van der Waals surface area (Å²) in [5.41, 5.74) is 2.59. The van der Waals surface area contributed by atoms with E-state index in [1.54, 1.807) is 24.4 Å². The van der Waals surface area contributed by atoms with Crippen LogP contribution in [0.1, 0.15) is 41.3 Å². The molecule has 1 atom stereocenters. The van der Waals surface area contributed by atoms with E-state index in [1.165, 1.54) is 18.4 Å². The molecule has 212 valence electrons. The summed E-state index contributed by atoms with van der Waals surface area (Å²) in [5, 5.41) is 5.09. The number of likely N-dealkylation sites (tertiary alicyclic amines) is 1. The molecule has 0 aliphatic carbocycles. The molecule has 0 spiro atoms. The number of piperidine rings is 1. The van der Waals surface area contributed by atoms with Crippen LogP contribution in [0.3, 0.4) is 0 Å². The molecule has 0 bridgehead atoms. The zero-order valence-electron chi connectivity index (χ0n) is 22.4. The third kappa shape index (κ3) is 7.22. The Labute approximate surface area is 256 Å². The first-order valence-corrected chi connectivity index (χ1v) is 15.1. The summed E-state index contributed by atoms with van der Waals surface area (Å²) in [6.45, 7) is 8.45. The molecule has 10 heteroatoms. The van der Waals surface area contributed by atoms with Gasteiger partial charge in [0.2, 0.25) is 0 Å². The molecule has 0 radical (unpaired) electrons. The summed E-state index contributed by atoms with van der Waals surface area (Å²) in [5.74, 6) is 0.486. The topological polar surface area (TPSA) is 51.7 Å². The lowest BCUT2D eigenvalue weighted by Crippen LogP contribution is -2.57. The van der Waals surface area contributed by atoms with Crippen molar-refractivity contribution < 1.29 is 4.79 Å². The van der Waals surface area contributed by atoms with Gasteiger partial charge in [0.05, 0.1) is 20.6 Å². The van der Waals surface area contributed by atoms with Crippen molar-refractivity contribution in [3.05, 3.63) is 91.5 Å². The van der Waals surface area contributed by atoms with Gasteiger partial charge in [0, 0.05) is 56.0 Å². The molecule has 2 aliphatic heterocycles. The van der Waals surface area contributed by atoms with Gasteiger partial charge in [-0.05, 0) is 74.3 Å². The van der Waals surface area contributed by atoms with Gasteiger partial charge in [0.15, 0.2) is 0 Å². The maximum Gasteiger partial charge on any atom is 0.253 e. The monoisotopic (exact) mass is 619 g/mol. The number of nitrogens with one attached hydrogen (secondary N) is 1. The van der Waals surface area contributed by atoms with Gasteiger partial charge in [-0.2, -0.15) is 0 Å². The molecule has 0 unspecified atom stereocenters. The van der Waals surface area contributed by atoms with Crippen LogP contribution in [0.5, 0.6) is 0 Å². The van der Waals surface area contributed by atoms with E-state index in [4.69, 9.17) is 46.4 Å². The van der Waals surface area contributed by atoms with E-state index in [9.17, 15) is 4.79 Å². The molecule has 2 fully saturated rings. The van der Waals surface area contributed by atoms with E-state index in [-0.39, 0.29) is 5.91 Å². The number of benzene rings is 2.